The second-order valence-corrected chi connectivity index (χ2v) is 6.00. The lowest BCUT2D eigenvalue weighted by molar-refractivity contribution is 0.0415. The number of halogens is 1. The molecule has 5 nitrogen and oxygen atoms in total. The number of rotatable bonds is 4. The second-order valence-electron chi connectivity index (χ2n) is 3.80. The van der Waals surface area contributed by atoms with Crippen molar-refractivity contribution in [3.63, 3.8) is 0 Å². The van der Waals surface area contributed by atoms with Crippen LogP contribution in [0.4, 0.5) is 4.39 Å². The Balaban J connectivity index is 2.33. The van der Waals surface area contributed by atoms with Gasteiger partial charge in [0.15, 0.2) is 9.84 Å². The highest BCUT2D eigenvalue weighted by Crippen LogP contribution is 2.24. The van der Waals surface area contributed by atoms with Gasteiger partial charge in [0.2, 0.25) is 0 Å². The van der Waals surface area contributed by atoms with Crippen LogP contribution in [0.2, 0.25) is 0 Å². The van der Waals surface area contributed by atoms with E-state index in [1.54, 1.807) is 0 Å². The van der Waals surface area contributed by atoms with Crippen LogP contribution in [0.15, 0.2) is 23.1 Å². The van der Waals surface area contributed by atoms with Gasteiger partial charge in [-0.1, -0.05) is 6.07 Å². The molecular formula is C10H12FNO4S. The molecule has 0 radical (unpaired) electrons. The normalized spacial score (nSPS) is 16.8. The number of benzene rings is 1. The monoisotopic (exact) mass is 261 g/mol. The SMILES string of the molecule is O=S(=O)(c1ccc(CNO)cc1F)C1COC1. The van der Waals surface area contributed by atoms with Crippen LogP contribution in [0.3, 0.4) is 0 Å². The van der Waals surface area contributed by atoms with Crippen molar-refractivity contribution in [1.82, 2.24) is 5.48 Å². The molecule has 0 spiro atoms. The van der Waals surface area contributed by atoms with E-state index in [9.17, 15) is 12.8 Å². The lowest BCUT2D eigenvalue weighted by Crippen LogP contribution is -2.40. The molecule has 94 valence electrons. The van der Waals surface area contributed by atoms with Gasteiger partial charge >= 0.3 is 0 Å². The average Bonchev–Trinajstić information content (AvgIpc) is 2.13. The number of sulfone groups is 1. The van der Waals surface area contributed by atoms with Crippen molar-refractivity contribution in [3.8, 4) is 0 Å². The first kappa shape index (κ1) is 12.4. The molecule has 1 aromatic carbocycles. The highest BCUT2D eigenvalue weighted by Gasteiger charge is 2.35. The van der Waals surface area contributed by atoms with Gasteiger partial charge in [-0.15, -0.1) is 0 Å². The smallest absolute Gasteiger partial charge is 0.188 e. The fourth-order valence-corrected chi connectivity index (χ4v) is 3.05. The van der Waals surface area contributed by atoms with E-state index < -0.39 is 20.9 Å². The van der Waals surface area contributed by atoms with Gasteiger partial charge in [0, 0.05) is 6.54 Å². The molecule has 0 bridgehead atoms. The number of ether oxygens (including phenoxy) is 1. The van der Waals surface area contributed by atoms with Gasteiger partial charge in [-0.25, -0.2) is 18.3 Å². The van der Waals surface area contributed by atoms with Gasteiger partial charge in [-0.05, 0) is 17.7 Å². The van der Waals surface area contributed by atoms with Crippen LogP contribution in [0, 0.1) is 5.82 Å². The molecule has 0 atom stereocenters. The van der Waals surface area contributed by atoms with Gasteiger partial charge in [0.25, 0.3) is 0 Å². The Bertz CT molecular complexity index is 513. The van der Waals surface area contributed by atoms with Crippen LogP contribution >= 0.6 is 0 Å². The molecule has 1 heterocycles. The Morgan fingerprint density at radius 3 is 2.65 bits per heavy atom. The van der Waals surface area contributed by atoms with Gasteiger partial charge in [0.1, 0.15) is 16.0 Å². The number of nitrogens with one attached hydrogen (secondary N) is 1. The molecule has 2 rings (SSSR count). The third-order valence-corrected chi connectivity index (χ3v) is 4.73. The Kier molecular flexibility index (Phi) is 3.43. The maximum absolute atomic E-state index is 13.7. The molecule has 1 aliphatic heterocycles. The Morgan fingerprint density at radius 1 is 1.47 bits per heavy atom. The van der Waals surface area contributed by atoms with Crippen LogP contribution in [-0.4, -0.2) is 32.1 Å². The highest BCUT2D eigenvalue weighted by molar-refractivity contribution is 7.92. The largest absolute Gasteiger partial charge is 0.379 e. The number of hydrogen-bond acceptors (Lipinski definition) is 5. The molecule has 0 unspecified atom stereocenters. The first-order valence-electron chi connectivity index (χ1n) is 5.02. The number of hydroxylamine groups is 1. The van der Waals surface area contributed by atoms with Crippen molar-refractivity contribution in [1.29, 1.82) is 0 Å². The lowest BCUT2D eigenvalue weighted by atomic mass is 10.2. The van der Waals surface area contributed by atoms with E-state index in [0.717, 1.165) is 6.07 Å². The fraction of sp³-hybridized carbons (Fsp3) is 0.400. The van der Waals surface area contributed by atoms with E-state index in [1.165, 1.54) is 12.1 Å². The first-order chi connectivity index (χ1) is 8.05. The van der Waals surface area contributed by atoms with Gasteiger partial charge in [-0.3, -0.25) is 0 Å². The van der Waals surface area contributed by atoms with E-state index in [0.29, 0.717) is 5.56 Å². The predicted molar refractivity (Wildman–Crippen MR) is 56.8 cm³/mol. The topological polar surface area (TPSA) is 75.6 Å². The van der Waals surface area contributed by atoms with E-state index in [-0.39, 0.29) is 24.7 Å². The van der Waals surface area contributed by atoms with Gasteiger partial charge in [0.05, 0.1) is 13.2 Å². The summed E-state index contributed by atoms with van der Waals surface area (Å²) in [7, 11) is -3.65. The minimum atomic E-state index is -3.65. The summed E-state index contributed by atoms with van der Waals surface area (Å²) in [5.74, 6) is -0.801. The molecule has 0 saturated carbocycles. The molecule has 1 aromatic rings. The summed E-state index contributed by atoms with van der Waals surface area (Å²) in [5.41, 5.74) is 2.34. The second kappa shape index (κ2) is 4.69. The molecule has 1 saturated heterocycles. The molecular weight excluding hydrogens is 249 g/mol. The van der Waals surface area contributed by atoms with E-state index >= 15 is 0 Å². The van der Waals surface area contributed by atoms with Crippen molar-refractivity contribution < 1.29 is 22.8 Å². The quantitative estimate of drug-likeness (QED) is 0.771. The van der Waals surface area contributed by atoms with E-state index in [1.807, 2.05) is 5.48 Å². The van der Waals surface area contributed by atoms with Crippen LogP contribution in [0.5, 0.6) is 0 Å². The maximum Gasteiger partial charge on any atom is 0.188 e. The van der Waals surface area contributed by atoms with Crippen LogP contribution in [0.25, 0.3) is 0 Å². The van der Waals surface area contributed by atoms with Crippen molar-refractivity contribution in [2.75, 3.05) is 13.2 Å². The molecule has 7 heteroatoms. The zero-order valence-corrected chi connectivity index (χ0v) is 9.71. The predicted octanol–water partition coefficient (Wildman–Crippen LogP) is 0.477. The maximum atomic E-state index is 13.7. The van der Waals surface area contributed by atoms with Gasteiger partial charge in [-0.2, -0.15) is 0 Å². The lowest BCUT2D eigenvalue weighted by Gasteiger charge is -2.25. The zero-order valence-electron chi connectivity index (χ0n) is 8.89. The van der Waals surface area contributed by atoms with Crippen LogP contribution in [0.1, 0.15) is 5.56 Å². The minimum absolute atomic E-state index is 0.0593. The van der Waals surface area contributed by atoms with Crippen molar-refractivity contribution in [2.45, 2.75) is 16.7 Å². The highest BCUT2D eigenvalue weighted by atomic mass is 32.2. The van der Waals surface area contributed by atoms with Crippen molar-refractivity contribution in [2.24, 2.45) is 0 Å². The summed E-state index contributed by atoms with van der Waals surface area (Å²) in [4.78, 5) is -0.313. The molecule has 0 aliphatic carbocycles. The molecule has 17 heavy (non-hydrogen) atoms. The first-order valence-corrected chi connectivity index (χ1v) is 6.57. The zero-order chi connectivity index (χ0) is 12.5. The summed E-state index contributed by atoms with van der Waals surface area (Å²) in [5, 5.41) is 7.81. The van der Waals surface area contributed by atoms with E-state index in [2.05, 4.69) is 0 Å². The molecule has 1 fully saturated rings. The molecule has 0 aromatic heterocycles. The number of hydrogen-bond donors (Lipinski definition) is 2. The van der Waals surface area contributed by atoms with Crippen LogP contribution < -0.4 is 5.48 Å². The average molecular weight is 261 g/mol. The third kappa shape index (κ3) is 2.32. The summed E-state index contributed by atoms with van der Waals surface area (Å²) in [6.07, 6.45) is 0. The summed E-state index contributed by atoms with van der Waals surface area (Å²) < 4.78 is 42.3. The van der Waals surface area contributed by atoms with E-state index in [4.69, 9.17) is 9.94 Å². The minimum Gasteiger partial charge on any atom is -0.379 e. The standard InChI is InChI=1S/C10H12FNO4S/c11-9-3-7(4-12-13)1-2-10(9)17(14,15)8-5-16-6-8/h1-3,8,12-13H,4-6H2. The summed E-state index contributed by atoms with van der Waals surface area (Å²) in [6, 6.07) is 3.77. The fourth-order valence-electron chi connectivity index (χ4n) is 1.55. The summed E-state index contributed by atoms with van der Waals surface area (Å²) >= 11 is 0. The molecule has 2 N–H and O–H groups in total. The molecule has 0 amide bonds. The van der Waals surface area contributed by atoms with Gasteiger partial charge < -0.3 is 9.94 Å². The molecule has 1 aliphatic rings. The summed E-state index contributed by atoms with van der Waals surface area (Å²) in [6.45, 7) is 0.285. The van der Waals surface area contributed by atoms with Crippen molar-refractivity contribution in [3.05, 3.63) is 29.6 Å². The Labute approximate surface area is 98.1 Å². The third-order valence-electron chi connectivity index (χ3n) is 2.63. The van der Waals surface area contributed by atoms with Crippen molar-refractivity contribution >= 4 is 9.84 Å². The Morgan fingerprint density at radius 2 is 2.18 bits per heavy atom. The Hall–Kier alpha value is -1.02. The van der Waals surface area contributed by atoms with Crippen LogP contribution in [-0.2, 0) is 21.1 Å².